The maximum absolute atomic E-state index is 11.1. The van der Waals surface area contributed by atoms with E-state index in [9.17, 15) is 9.59 Å². The van der Waals surface area contributed by atoms with Crippen LogP contribution in [0.5, 0.6) is 0 Å². The van der Waals surface area contributed by atoms with Crippen LogP contribution in [0.2, 0.25) is 0 Å². The third-order valence-corrected chi connectivity index (χ3v) is 1.70. The van der Waals surface area contributed by atoms with Crippen LogP contribution in [0.4, 0.5) is 0 Å². The number of rotatable bonds is 7. The van der Waals surface area contributed by atoms with Gasteiger partial charge in [0.15, 0.2) is 5.78 Å². The lowest BCUT2D eigenvalue weighted by Gasteiger charge is -1.90. The molecule has 0 unspecified atom stereocenters. The third kappa shape index (κ3) is 8.70. The molecule has 0 aromatic rings. The van der Waals surface area contributed by atoms with Gasteiger partial charge in [-0.1, -0.05) is 18.1 Å². The molecule has 80 valence electrons. The van der Waals surface area contributed by atoms with Crippen LogP contribution in [0, 0.1) is 11.8 Å². The molecule has 0 spiro atoms. The molecule has 0 saturated carbocycles. The Morgan fingerprint density at radius 3 is 2.60 bits per heavy atom. The van der Waals surface area contributed by atoms with Crippen molar-refractivity contribution in [1.29, 1.82) is 0 Å². The van der Waals surface area contributed by atoms with E-state index in [-0.39, 0.29) is 11.6 Å². The molecule has 0 saturated heterocycles. The Labute approximate surface area is 91.1 Å². The first-order chi connectivity index (χ1) is 7.20. The summed E-state index contributed by atoms with van der Waals surface area (Å²) in [5.74, 6) is 4.98. The number of hydrogen-bond donors (Lipinski definition) is 0. The fourth-order valence-corrected chi connectivity index (χ4v) is 0.959. The van der Waals surface area contributed by atoms with Gasteiger partial charge in [-0.2, -0.15) is 0 Å². The molecule has 0 fully saturated rings. The molecule has 0 aliphatic heterocycles. The third-order valence-electron chi connectivity index (χ3n) is 1.70. The summed E-state index contributed by atoms with van der Waals surface area (Å²) in [5.41, 5.74) is 0. The fourth-order valence-electron chi connectivity index (χ4n) is 0.959. The van der Waals surface area contributed by atoms with Crippen molar-refractivity contribution in [2.45, 2.75) is 32.6 Å². The van der Waals surface area contributed by atoms with Gasteiger partial charge in [-0.25, -0.2) is 0 Å². The van der Waals surface area contributed by atoms with Crippen LogP contribution in [0.1, 0.15) is 32.6 Å². The van der Waals surface area contributed by atoms with E-state index in [1.165, 1.54) is 6.08 Å². The van der Waals surface area contributed by atoms with E-state index in [1.807, 2.05) is 0 Å². The van der Waals surface area contributed by atoms with Crippen LogP contribution < -0.4 is 0 Å². The quantitative estimate of drug-likeness (QED) is 0.276. The molecule has 0 atom stereocenters. The topological polar surface area (TPSA) is 34.1 Å². The normalized spacial score (nSPS) is 9.40. The lowest BCUT2D eigenvalue weighted by atomic mass is 10.1. The number of allylic oxidation sites excluding steroid dienone is 3. The van der Waals surface area contributed by atoms with E-state index in [0.717, 1.165) is 0 Å². The van der Waals surface area contributed by atoms with Crippen LogP contribution >= 0.6 is 0 Å². The van der Waals surface area contributed by atoms with Gasteiger partial charge in [0.2, 0.25) is 5.78 Å². The van der Waals surface area contributed by atoms with Crippen LogP contribution in [-0.4, -0.2) is 11.6 Å². The second kappa shape index (κ2) is 8.96. The Balaban J connectivity index is 3.69. The van der Waals surface area contributed by atoms with E-state index in [2.05, 4.69) is 18.4 Å². The van der Waals surface area contributed by atoms with Gasteiger partial charge in [0.05, 0.1) is 0 Å². The number of carbonyl (C=O) groups is 2. The van der Waals surface area contributed by atoms with Gasteiger partial charge in [0.25, 0.3) is 0 Å². The van der Waals surface area contributed by atoms with Gasteiger partial charge < -0.3 is 0 Å². The van der Waals surface area contributed by atoms with Gasteiger partial charge in [-0.05, 0) is 31.8 Å². The molecular weight excluding hydrogens is 188 g/mol. The molecule has 2 heteroatoms. The summed E-state index contributed by atoms with van der Waals surface area (Å²) in [6.45, 7) is 5.17. The minimum atomic E-state index is -0.0827. The van der Waals surface area contributed by atoms with E-state index in [1.54, 1.807) is 19.1 Å². The second-order valence-electron chi connectivity index (χ2n) is 3.03. The zero-order valence-corrected chi connectivity index (χ0v) is 9.08. The SMILES string of the molecule is C=CCCC(=O)/C=C/CCC(=O)C#CC. The van der Waals surface area contributed by atoms with E-state index >= 15 is 0 Å². The second-order valence-corrected chi connectivity index (χ2v) is 3.03. The molecule has 0 rings (SSSR count). The first-order valence-corrected chi connectivity index (χ1v) is 4.96. The highest BCUT2D eigenvalue weighted by Crippen LogP contribution is 1.96. The predicted octanol–water partition coefficient (Wildman–Crippen LogP) is 2.45. The molecule has 2 nitrogen and oxygen atoms in total. The van der Waals surface area contributed by atoms with Crippen LogP contribution in [0.3, 0.4) is 0 Å². The van der Waals surface area contributed by atoms with Crippen molar-refractivity contribution in [2.75, 3.05) is 0 Å². The first-order valence-electron chi connectivity index (χ1n) is 4.96. The minimum Gasteiger partial charge on any atom is -0.295 e. The number of carbonyl (C=O) groups excluding carboxylic acids is 2. The van der Waals surface area contributed by atoms with Crippen molar-refractivity contribution < 1.29 is 9.59 Å². The first kappa shape index (κ1) is 13.4. The Morgan fingerprint density at radius 1 is 1.27 bits per heavy atom. The Hall–Kier alpha value is -1.62. The zero-order chi connectivity index (χ0) is 11.5. The highest BCUT2D eigenvalue weighted by molar-refractivity contribution is 5.95. The van der Waals surface area contributed by atoms with Crippen LogP contribution in [0.15, 0.2) is 24.8 Å². The van der Waals surface area contributed by atoms with Gasteiger partial charge in [0.1, 0.15) is 0 Å². The molecule has 0 heterocycles. The molecule has 0 N–H and O–H groups in total. The van der Waals surface area contributed by atoms with E-state index in [0.29, 0.717) is 25.7 Å². The Bertz CT molecular complexity index is 313. The highest BCUT2D eigenvalue weighted by atomic mass is 16.1. The zero-order valence-electron chi connectivity index (χ0n) is 9.08. The van der Waals surface area contributed by atoms with Gasteiger partial charge in [-0.3, -0.25) is 9.59 Å². The average molecular weight is 204 g/mol. The van der Waals surface area contributed by atoms with Gasteiger partial charge in [-0.15, -0.1) is 6.58 Å². The molecule has 0 radical (unpaired) electrons. The monoisotopic (exact) mass is 204 g/mol. The summed E-state index contributed by atoms with van der Waals surface area (Å²) in [7, 11) is 0. The standard InChI is InChI=1S/C13H16O2/c1-3-5-9-13(15)11-7-6-10-12(14)8-4-2/h3,7,11H,1,5-6,9-10H2,2H3/b11-7+. The van der Waals surface area contributed by atoms with Crippen molar-refractivity contribution in [2.24, 2.45) is 0 Å². The predicted molar refractivity (Wildman–Crippen MR) is 61.3 cm³/mol. The maximum atomic E-state index is 11.1. The smallest absolute Gasteiger partial charge is 0.205 e. The largest absolute Gasteiger partial charge is 0.295 e. The summed E-state index contributed by atoms with van der Waals surface area (Å²) >= 11 is 0. The minimum absolute atomic E-state index is 0.0731. The molecule has 0 aromatic heterocycles. The van der Waals surface area contributed by atoms with E-state index in [4.69, 9.17) is 0 Å². The number of ketones is 2. The maximum Gasteiger partial charge on any atom is 0.205 e. The molecule has 0 aromatic carbocycles. The molecule has 0 aliphatic carbocycles. The number of Topliss-reactive ketones (excluding diaryl/α,β-unsaturated/α-hetero) is 1. The lowest BCUT2D eigenvalue weighted by Crippen LogP contribution is -1.93. The van der Waals surface area contributed by atoms with E-state index < -0.39 is 0 Å². The lowest BCUT2D eigenvalue weighted by molar-refractivity contribution is -0.115. The van der Waals surface area contributed by atoms with Gasteiger partial charge in [0, 0.05) is 12.8 Å². The number of hydrogen-bond acceptors (Lipinski definition) is 2. The summed E-state index contributed by atoms with van der Waals surface area (Å²) in [6.07, 6.45) is 7.11. The van der Waals surface area contributed by atoms with Crippen molar-refractivity contribution in [3.8, 4) is 11.8 Å². The fraction of sp³-hybridized carbons (Fsp3) is 0.385. The van der Waals surface area contributed by atoms with Gasteiger partial charge >= 0.3 is 0 Å². The summed E-state index contributed by atoms with van der Waals surface area (Å²) in [6, 6.07) is 0. The van der Waals surface area contributed by atoms with Crippen molar-refractivity contribution in [1.82, 2.24) is 0 Å². The van der Waals surface area contributed by atoms with Crippen LogP contribution in [0.25, 0.3) is 0 Å². The summed E-state index contributed by atoms with van der Waals surface area (Å²) in [5, 5.41) is 0. The molecular formula is C13H16O2. The molecule has 15 heavy (non-hydrogen) atoms. The summed E-state index contributed by atoms with van der Waals surface area (Å²) in [4.78, 5) is 22.1. The summed E-state index contributed by atoms with van der Waals surface area (Å²) < 4.78 is 0. The Morgan fingerprint density at radius 2 is 2.00 bits per heavy atom. The van der Waals surface area contributed by atoms with Crippen molar-refractivity contribution in [3.05, 3.63) is 24.8 Å². The highest BCUT2D eigenvalue weighted by Gasteiger charge is 1.95. The van der Waals surface area contributed by atoms with Crippen molar-refractivity contribution in [3.63, 3.8) is 0 Å². The molecule has 0 bridgehead atoms. The Kier molecular flexibility index (Phi) is 7.99. The van der Waals surface area contributed by atoms with Crippen molar-refractivity contribution >= 4 is 11.6 Å². The molecule has 0 aliphatic rings. The molecule has 0 amide bonds. The average Bonchev–Trinajstić information content (AvgIpc) is 2.22. The van der Waals surface area contributed by atoms with Crippen LogP contribution in [-0.2, 0) is 9.59 Å².